The average molecular weight is 325 g/mol. The quantitative estimate of drug-likeness (QED) is 0.486. The molecule has 1 aromatic carbocycles. The van der Waals surface area contributed by atoms with Crippen LogP contribution in [-0.2, 0) is 19.1 Å². The lowest BCUT2D eigenvalue weighted by Crippen LogP contribution is -2.34. The molecular formula is C15H10Cl2O4. The summed E-state index contributed by atoms with van der Waals surface area (Å²) in [5.41, 5.74) is 0.553. The summed E-state index contributed by atoms with van der Waals surface area (Å²) in [5, 5.41) is 0.829. The molecule has 0 amide bonds. The molecule has 0 saturated heterocycles. The van der Waals surface area contributed by atoms with Crippen LogP contribution in [0.2, 0.25) is 10.0 Å². The number of ketones is 2. The highest BCUT2D eigenvalue weighted by atomic mass is 35.5. The predicted octanol–water partition coefficient (Wildman–Crippen LogP) is 3.22. The highest BCUT2D eigenvalue weighted by Gasteiger charge is 2.36. The van der Waals surface area contributed by atoms with E-state index < -0.39 is 23.5 Å². The van der Waals surface area contributed by atoms with E-state index in [1.54, 1.807) is 12.1 Å². The Hall–Kier alpha value is -1.91. The molecule has 108 valence electrons. The molecule has 0 spiro atoms. The van der Waals surface area contributed by atoms with Crippen molar-refractivity contribution < 1.29 is 19.1 Å². The summed E-state index contributed by atoms with van der Waals surface area (Å²) in [5.74, 6) is -3.37. The third kappa shape index (κ3) is 3.60. The van der Waals surface area contributed by atoms with Gasteiger partial charge < -0.3 is 4.74 Å². The van der Waals surface area contributed by atoms with E-state index in [9.17, 15) is 14.4 Å². The Morgan fingerprint density at radius 3 is 2.62 bits per heavy atom. The van der Waals surface area contributed by atoms with Crippen LogP contribution in [0, 0.1) is 5.92 Å². The van der Waals surface area contributed by atoms with Crippen LogP contribution < -0.4 is 0 Å². The monoisotopic (exact) mass is 324 g/mol. The van der Waals surface area contributed by atoms with Crippen molar-refractivity contribution in [2.24, 2.45) is 5.92 Å². The summed E-state index contributed by atoms with van der Waals surface area (Å²) in [6, 6.07) is 4.77. The molecule has 1 aliphatic heterocycles. The molecule has 0 N–H and O–H groups in total. The predicted molar refractivity (Wildman–Crippen MR) is 78.8 cm³/mol. The van der Waals surface area contributed by atoms with Gasteiger partial charge in [0.25, 0.3) is 0 Å². The third-order valence-electron chi connectivity index (χ3n) is 2.80. The Morgan fingerprint density at radius 2 is 2.00 bits per heavy atom. The van der Waals surface area contributed by atoms with E-state index in [1.807, 2.05) is 0 Å². The average Bonchev–Trinajstić information content (AvgIpc) is 2.36. The number of carbonyl (C=O) groups excluding carboxylic acids is 3. The third-order valence-corrected chi connectivity index (χ3v) is 3.36. The zero-order chi connectivity index (χ0) is 15.6. The molecule has 1 atom stereocenters. The number of cyclic esters (lactones) is 1. The van der Waals surface area contributed by atoms with Crippen LogP contribution in [-0.4, -0.2) is 17.5 Å². The van der Waals surface area contributed by atoms with E-state index in [-0.39, 0.29) is 5.76 Å². The number of hydrogen-bond acceptors (Lipinski definition) is 4. The van der Waals surface area contributed by atoms with Gasteiger partial charge in [0.1, 0.15) is 5.76 Å². The Labute approximate surface area is 131 Å². The normalized spacial score (nSPS) is 18.6. The van der Waals surface area contributed by atoms with E-state index >= 15 is 0 Å². The maximum Gasteiger partial charge on any atom is 0.329 e. The van der Waals surface area contributed by atoms with Crippen molar-refractivity contribution in [3.05, 3.63) is 51.7 Å². The Bertz CT molecular complexity index is 689. The maximum absolute atomic E-state index is 12.0. The Morgan fingerprint density at radius 1 is 1.29 bits per heavy atom. The summed E-state index contributed by atoms with van der Waals surface area (Å²) >= 11 is 11.7. The van der Waals surface area contributed by atoms with E-state index in [4.69, 9.17) is 27.9 Å². The minimum atomic E-state index is -1.45. The van der Waals surface area contributed by atoms with Gasteiger partial charge in [0, 0.05) is 16.1 Å². The van der Waals surface area contributed by atoms with Gasteiger partial charge in [-0.15, -0.1) is 0 Å². The molecule has 1 unspecified atom stereocenters. The first-order valence-electron chi connectivity index (χ1n) is 5.99. The molecule has 0 aromatic heterocycles. The first kappa shape index (κ1) is 15.5. The zero-order valence-corrected chi connectivity index (χ0v) is 12.4. The lowest BCUT2D eigenvalue weighted by Gasteiger charge is -2.15. The van der Waals surface area contributed by atoms with Gasteiger partial charge in [-0.3, -0.25) is 14.4 Å². The Balaban J connectivity index is 2.20. The molecule has 1 heterocycles. The minimum absolute atomic E-state index is 0.179. The van der Waals surface area contributed by atoms with Gasteiger partial charge in [0.05, 0.1) is 0 Å². The van der Waals surface area contributed by atoms with Crippen molar-refractivity contribution in [1.82, 2.24) is 0 Å². The largest absolute Gasteiger partial charge is 0.430 e. The number of esters is 1. The summed E-state index contributed by atoms with van der Waals surface area (Å²) < 4.78 is 4.78. The fourth-order valence-electron chi connectivity index (χ4n) is 1.81. The highest BCUT2D eigenvalue weighted by Crippen LogP contribution is 2.23. The molecule has 1 aliphatic rings. The molecule has 2 rings (SSSR count). The van der Waals surface area contributed by atoms with Gasteiger partial charge in [-0.1, -0.05) is 29.3 Å². The number of ether oxygens (including phenoxy) is 1. The Kier molecular flexibility index (Phi) is 4.60. The van der Waals surface area contributed by atoms with Crippen molar-refractivity contribution in [2.75, 3.05) is 0 Å². The lowest BCUT2D eigenvalue weighted by atomic mass is 9.96. The van der Waals surface area contributed by atoms with Gasteiger partial charge in [-0.2, -0.15) is 0 Å². The number of carbonyl (C=O) groups is 3. The molecular weight excluding hydrogens is 315 g/mol. The summed E-state index contributed by atoms with van der Waals surface area (Å²) in [6.45, 7) is 1.47. The van der Waals surface area contributed by atoms with Gasteiger partial charge in [-0.05, 0) is 36.8 Å². The number of hydrogen-bond donors (Lipinski definition) is 0. The van der Waals surface area contributed by atoms with E-state index in [2.05, 4.69) is 0 Å². The molecule has 0 fully saturated rings. The molecule has 0 radical (unpaired) electrons. The van der Waals surface area contributed by atoms with E-state index in [0.29, 0.717) is 15.6 Å². The highest BCUT2D eigenvalue weighted by molar-refractivity contribution is 6.35. The summed E-state index contributed by atoms with van der Waals surface area (Å²) in [6.07, 6.45) is 3.69. The fourth-order valence-corrected chi connectivity index (χ4v) is 2.28. The van der Waals surface area contributed by atoms with Crippen LogP contribution in [0.4, 0.5) is 0 Å². The lowest BCUT2D eigenvalue weighted by molar-refractivity contribution is -0.151. The van der Waals surface area contributed by atoms with Crippen LogP contribution >= 0.6 is 23.2 Å². The minimum Gasteiger partial charge on any atom is -0.430 e. The van der Waals surface area contributed by atoms with Crippen LogP contribution in [0.5, 0.6) is 0 Å². The molecule has 0 bridgehead atoms. The van der Waals surface area contributed by atoms with Gasteiger partial charge in [0.2, 0.25) is 0 Å². The molecule has 0 aliphatic carbocycles. The standard InChI is InChI=1S/C15H10Cl2O4/c1-8-6-13(19)14(15(20)21-8)12(18)5-3-9-2-4-10(16)7-11(9)17/h2-7,14H,1H3/b5-3+. The van der Waals surface area contributed by atoms with Gasteiger partial charge in [-0.25, -0.2) is 0 Å². The number of halogens is 2. The smallest absolute Gasteiger partial charge is 0.329 e. The molecule has 21 heavy (non-hydrogen) atoms. The molecule has 1 aromatic rings. The van der Waals surface area contributed by atoms with Crippen LogP contribution in [0.1, 0.15) is 12.5 Å². The second-order valence-electron chi connectivity index (χ2n) is 4.41. The topological polar surface area (TPSA) is 60.4 Å². The number of allylic oxidation sites excluding steroid dienone is 3. The molecule has 4 nitrogen and oxygen atoms in total. The van der Waals surface area contributed by atoms with E-state index in [1.165, 1.54) is 19.1 Å². The summed E-state index contributed by atoms with van der Waals surface area (Å²) in [4.78, 5) is 35.3. The van der Waals surface area contributed by atoms with Crippen molar-refractivity contribution in [2.45, 2.75) is 6.92 Å². The van der Waals surface area contributed by atoms with Crippen LogP contribution in [0.15, 0.2) is 36.1 Å². The number of benzene rings is 1. The fraction of sp³-hybridized carbons (Fsp3) is 0.133. The van der Waals surface area contributed by atoms with Crippen molar-refractivity contribution in [1.29, 1.82) is 0 Å². The van der Waals surface area contributed by atoms with Crippen LogP contribution in [0.25, 0.3) is 6.08 Å². The van der Waals surface area contributed by atoms with Crippen molar-refractivity contribution >= 4 is 46.8 Å². The SMILES string of the molecule is CC1=CC(=O)C(C(=O)/C=C/c2ccc(Cl)cc2Cl)C(=O)O1. The maximum atomic E-state index is 12.0. The van der Waals surface area contributed by atoms with Gasteiger partial charge >= 0.3 is 5.97 Å². The first-order chi connectivity index (χ1) is 9.88. The molecule has 0 saturated carbocycles. The summed E-state index contributed by atoms with van der Waals surface area (Å²) in [7, 11) is 0. The number of rotatable bonds is 3. The van der Waals surface area contributed by atoms with E-state index in [0.717, 1.165) is 12.2 Å². The zero-order valence-electron chi connectivity index (χ0n) is 10.9. The van der Waals surface area contributed by atoms with Crippen LogP contribution in [0.3, 0.4) is 0 Å². The second-order valence-corrected chi connectivity index (χ2v) is 5.26. The second kappa shape index (κ2) is 6.24. The van der Waals surface area contributed by atoms with Crippen molar-refractivity contribution in [3.8, 4) is 0 Å². The van der Waals surface area contributed by atoms with Gasteiger partial charge in [0.15, 0.2) is 17.5 Å². The van der Waals surface area contributed by atoms with Crippen molar-refractivity contribution in [3.63, 3.8) is 0 Å². The first-order valence-corrected chi connectivity index (χ1v) is 6.75. The molecule has 6 heteroatoms.